The van der Waals surface area contributed by atoms with Gasteiger partial charge in [0.05, 0.1) is 22.7 Å². The van der Waals surface area contributed by atoms with E-state index in [1.54, 1.807) is 0 Å². The summed E-state index contributed by atoms with van der Waals surface area (Å²) < 4.78 is 14.3. The Balaban J connectivity index is 0.683. The summed E-state index contributed by atoms with van der Waals surface area (Å²) in [6.07, 6.45) is 8.80. The monoisotopic (exact) mass is 1050 g/mol. The first-order chi connectivity index (χ1) is 37.4. The van der Waals surface area contributed by atoms with Crippen molar-refractivity contribution >= 4 is 94.0 Å². The first kappa shape index (κ1) is 49.7. The van der Waals surface area contributed by atoms with Gasteiger partial charge in [-0.2, -0.15) is 0 Å². The maximum atomic E-state index is 7.14. The van der Waals surface area contributed by atoms with E-state index in [0.717, 1.165) is 33.6 Å². The molecule has 0 amide bonds. The molecule has 2 aliphatic heterocycles. The van der Waals surface area contributed by atoms with E-state index in [1.165, 1.54) is 77.6 Å². The predicted octanol–water partition coefficient (Wildman–Crippen LogP) is 18.5. The van der Waals surface area contributed by atoms with Gasteiger partial charge < -0.3 is 18.0 Å². The van der Waals surface area contributed by atoms with Crippen LogP contribution in [0, 0.1) is 0 Å². The van der Waals surface area contributed by atoms with Crippen LogP contribution in [-0.4, -0.2) is 25.2 Å². The molecule has 0 radical (unpaired) electrons. The summed E-state index contributed by atoms with van der Waals surface area (Å²) in [5.74, 6) is 0. The largest absolute Gasteiger partial charge is 0.433 e. The summed E-state index contributed by atoms with van der Waals surface area (Å²) in [5.41, 5.74) is 21.5. The van der Waals surface area contributed by atoms with E-state index in [-0.39, 0.29) is 0 Å². The van der Waals surface area contributed by atoms with Crippen molar-refractivity contribution in [1.29, 1.82) is 0 Å². The van der Waals surface area contributed by atoms with Crippen LogP contribution in [0.5, 0.6) is 0 Å². The third-order valence-corrected chi connectivity index (χ3v) is 26.5. The zero-order valence-corrected chi connectivity index (χ0v) is 47.6. The Kier molecular flexibility index (Phi) is 13.2. The molecule has 2 heterocycles. The Morgan fingerprint density at radius 1 is 0.260 bits per heavy atom. The van der Waals surface area contributed by atoms with Gasteiger partial charge in [0.2, 0.25) is 16.6 Å². The molecule has 77 heavy (non-hydrogen) atoms. The fourth-order valence-corrected chi connectivity index (χ4v) is 24.8. The molecule has 10 aromatic carbocycles. The van der Waals surface area contributed by atoms with Crippen molar-refractivity contribution in [1.82, 2.24) is 0 Å². The average Bonchev–Trinajstić information content (AvgIpc) is 3.83. The lowest BCUT2D eigenvalue weighted by Crippen LogP contribution is -2.59. The summed E-state index contributed by atoms with van der Waals surface area (Å²) in [7, 11) is -7.18. The third-order valence-electron chi connectivity index (χ3n) is 15.0. The van der Waals surface area contributed by atoms with Gasteiger partial charge in [0, 0.05) is 33.6 Å². The lowest BCUT2D eigenvalue weighted by atomic mass is 9.95. The number of hydrogen-bond acceptors (Lipinski definition) is 4. The minimum absolute atomic E-state index is 1.13. The first-order valence-corrected chi connectivity index (χ1v) is 35.4. The standard InChI is InChI=1S/C70H62N2O2Si3/c1-75(2,57-47-39-53(40-48-57)33-31-51-35-43-55(44-36-51)71-67-27-15-11-23-63(67)59-19-7-8-20-60(59)64-24-12-16-28-68(64)71)73-77(5,6)74-76(3,4)58-49-41-54(42-50-58)34-32-52-37-45-56(46-38-52)72-69-29-17-13-25-65(69)61-21-9-10-22-62(61)66-26-14-18-30-70(66)72/h7-50H,1-6H3/b33-31+,34-32+. The fourth-order valence-electron chi connectivity index (χ4n) is 11.5. The van der Waals surface area contributed by atoms with E-state index >= 15 is 0 Å². The van der Waals surface area contributed by atoms with Gasteiger partial charge in [-0.15, -0.1) is 0 Å². The second-order valence-corrected chi connectivity index (χ2v) is 33.2. The van der Waals surface area contributed by atoms with Crippen LogP contribution >= 0.6 is 0 Å². The normalized spacial score (nSPS) is 13.0. The van der Waals surface area contributed by atoms with Gasteiger partial charge in [0.25, 0.3) is 0 Å². The van der Waals surface area contributed by atoms with E-state index in [2.05, 4.69) is 316 Å². The lowest BCUT2D eigenvalue weighted by Gasteiger charge is -2.39. The van der Waals surface area contributed by atoms with Crippen LogP contribution in [-0.2, 0) is 8.23 Å². The summed E-state index contributed by atoms with van der Waals surface area (Å²) >= 11 is 0. The number of nitrogens with zero attached hydrogens (tertiary/aromatic N) is 2. The van der Waals surface area contributed by atoms with Crippen molar-refractivity contribution in [2.24, 2.45) is 0 Å². The number of hydrogen-bond donors (Lipinski definition) is 0. The molecular weight excluding hydrogens is 985 g/mol. The molecule has 12 rings (SSSR count). The summed E-state index contributed by atoms with van der Waals surface area (Å²) in [4.78, 5) is 4.80. The molecule has 376 valence electrons. The van der Waals surface area contributed by atoms with Crippen molar-refractivity contribution in [2.75, 3.05) is 9.80 Å². The molecule has 7 heteroatoms. The van der Waals surface area contributed by atoms with Gasteiger partial charge in [-0.25, -0.2) is 0 Å². The molecular formula is C70H62N2O2Si3. The van der Waals surface area contributed by atoms with Crippen LogP contribution in [0.4, 0.5) is 34.1 Å². The van der Waals surface area contributed by atoms with Crippen LogP contribution in [0.25, 0.3) is 68.8 Å². The van der Waals surface area contributed by atoms with Crippen LogP contribution in [0.2, 0.25) is 39.3 Å². The quantitative estimate of drug-likeness (QED) is 0.0899. The number of anilines is 6. The summed E-state index contributed by atoms with van der Waals surface area (Å²) in [5, 5.41) is 2.52. The van der Waals surface area contributed by atoms with Gasteiger partial charge in [0.1, 0.15) is 0 Å². The molecule has 0 aromatic heterocycles. The van der Waals surface area contributed by atoms with Crippen molar-refractivity contribution < 1.29 is 8.23 Å². The van der Waals surface area contributed by atoms with Crippen LogP contribution in [0.1, 0.15) is 22.3 Å². The highest BCUT2D eigenvalue weighted by molar-refractivity contribution is 6.95. The highest BCUT2D eigenvalue weighted by Gasteiger charge is 2.41. The minimum atomic E-state index is -2.55. The average molecular weight is 1050 g/mol. The molecule has 0 saturated carbocycles. The molecule has 0 fully saturated rings. The Labute approximate surface area is 458 Å². The fraction of sp³-hybridized carbons (Fsp3) is 0.0857. The summed E-state index contributed by atoms with van der Waals surface area (Å²) in [6, 6.07) is 88.1. The highest BCUT2D eigenvalue weighted by atomic mass is 28.5. The molecule has 0 unspecified atom stereocenters. The van der Waals surface area contributed by atoms with Crippen molar-refractivity contribution in [3.63, 3.8) is 0 Å². The maximum absolute atomic E-state index is 7.14. The van der Waals surface area contributed by atoms with E-state index in [0.29, 0.717) is 0 Å². The summed E-state index contributed by atoms with van der Waals surface area (Å²) in [6.45, 7) is 13.6. The zero-order valence-electron chi connectivity index (χ0n) is 44.6. The van der Waals surface area contributed by atoms with E-state index in [4.69, 9.17) is 8.23 Å². The predicted molar refractivity (Wildman–Crippen MR) is 336 cm³/mol. The smallest absolute Gasteiger partial charge is 0.311 e. The van der Waals surface area contributed by atoms with Gasteiger partial charge in [-0.1, -0.05) is 218 Å². The number of para-hydroxylation sites is 4. The number of fused-ring (bicyclic) bond motifs is 10. The molecule has 0 atom stereocenters. The number of rotatable bonds is 12. The van der Waals surface area contributed by atoms with Crippen LogP contribution < -0.4 is 20.2 Å². The van der Waals surface area contributed by atoms with E-state index in [1.807, 2.05) is 0 Å². The second-order valence-electron chi connectivity index (χ2n) is 21.5. The molecule has 0 spiro atoms. The third kappa shape index (κ3) is 9.96. The highest BCUT2D eigenvalue weighted by Crippen LogP contribution is 2.52. The van der Waals surface area contributed by atoms with Crippen LogP contribution in [0.3, 0.4) is 0 Å². The van der Waals surface area contributed by atoms with Crippen molar-refractivity contribution in [3.05, 3.63) is 265 Å². The lowest BCUT2D eigenvalue weighted by molar-refractivity contribution is 0.401. The molecule has 2 aliphatic rings. The SMILES string of the molecule is C[Si](C)(O[Si](C)(C)c1ccc(/C=C/c2ccc(N3c4ccccc4-c4ccccc4-c4ccccc43)cc2)cc1)O[Si](C)(C)c1ccc(/C=C/c2ccc(N3c4ccccc4-c4ccccc4-c4ccccc43)cc2)cc1. The Morgan fingerprint density at radius 2 is 0.481 bits per heavy atom. The van der Waals surface area contributed by atoms with E-state index < -0.39 is 25.2 Å². The first-order valence-electron chi connectivity index (χ1n) is 26.7. The molecule has 4 nitrogen and oxygen atoms in total. The van der Waals surface area contributed by atoms with Gasteiger partial charge >= 0.3 is 8.56 Å². The topological polar surface area (TPSA) is 24.9 Å². The van der Waals surface area contributed by atoms with Crippen molar-refractivity contribution in [2.45, 2.75) is 39.3 Å². The van der Waals surface area contributed by atoms with Gasteiger partial charge in [0.15, 0.2) is 0 Å². The number of benzene rings is 10. The molecule has 0 N–H and O–H groups in total. The van der Waals surface area contributed by atoms with E-state index in [9.17, 15) is 0 Å². The van der Waals surface area contributed by atoms with Crippen molar-refractivity contribution in [3.8, 4) is 44.5 Å². The molecule has 0 bridgehead atoms. The van der Waals surface area contributed by atoms with Crippen LogP contribution in [0.15, 0.2) is 243 Å². The minimum Gasteiger partial charge on any atom is -0.433 e. The Bertz CT molecular complexity index is 3460. The van der Waals surface area contributed by atoms with Gasteiger partial charge in [-0.3, -0.25) is 0 Å². The Morgan fingerprint density at radius 3 is 0.740 bits per heavy atom. The molecule has 10 aromatic rings. The maximum Gasteiger partial charge on any atom is 0.311 e. The molecule has 0 aliphatic carbocycles. The van der Waals surface area contributed by atoms with Gasteiger partial charge in [-0.05, 0) is 143 Å². The second kappa shape index (κ2) is 20.4. The molecule has 0 saturated heterocycles. The Hall–Kier alpha value is -8.15. The zero-order chi connectivity index (χ0) is 52.7.